The van der Waals surface area contributed by atoms with Crippen molar-refractivity contribution < 1.29 is 9.05 Å². The number of aromatic nitrogens is 5. The van der Waals surface area contributed by atoms with Gasteiger partial charge in [0.25, 0.3) is 0 Å². The third-order valence-electron chi connectivity index (χ3n) is 2.06. The molecule has 0 aromatic carbocycles. The maximum absolute atomic E-state index is 5.03. The number of aryl methyl sites for hydroxylation is 1. The molecule has 17 heavy (non-hydrogen) atoms. The Morgan fingerprint density at radius 3 is 2.59 bits per heavy atom. The number of nitrogens with zero attached hydrogens (tertiary/aromatic N) is 5. The molecule has 0 atom stereocenters. The van der Waals surface area contributed by atoms with E-state index in [9.17, 15) is 0 Å². The van der Waals surface area contributed by atoms with Crippen molar-refractivity contribution in [3.05, 3.63) is 30.4 Å². The van der Waals surface area contributed by atoms with Crippen LogP contribution in [0.4, 0.5) is 0 Å². The first-order valence-corrected chi connectivity index (χ1v) is 4.88. The zero-order valence-corrected chi connectivity index (χ0v) is 8.86. The second-order valence-electron chi connectivity index (χ2n) is 3.31. The van der Waals surface area contributed by atoms with Crippen molar-refractivity contribution in [2.24, 2.45) is 0 Å². The molecule has 0 aliphatic carbocycles. The van der Waals surface area contributed by atoms with Crippen LogP contribution >= 0.6 is 0 Å². The average molecular weight is 229 g/mol. The third-order valence-corrected chi connectivity index (χ3v) is 2.06. The Bertz CT molecular complexity index is 631. The van der Waals surface area contributed by atoms with Gasteiger partial charge in [0.05, 0.1) is 0 Å². The van der Waals surface area contributed by atoms with Crippen molar-refractivity contribution >= 4 is 0 Å². The van der Waals surface area contributed by atoms with Crippen LogP contribution in [0.25, 0.3) is 23.2 Å². The largest absolute Gasteiger partial charge is 0.329 e. The van der Waals surface area contributed by atoms with Gasteiger partial charge in [-0.05, 0) is 19.1 Å². The van der Waals surface area contributed by atoms with Gasteiger partial charge in [0.2, 0.25) is 5.82 Å². The van der Waals surface area contributed by atoms with Gasteiger partial charge in [0.1, 0.15) is 0 Å². The standard InChI is InChI=1S/C10H7N5O2/c1-6-12-9(16-14-6)10-13-8(15-17-10)7-3-2-4-11-5-7/h2-5H,1H3. The van der Waals surface area contributed by atoms with Crippen LogP contribution in [0.5, 0.6) is 0 Å². The Morgan fingerprint density at radius 1 is 1.06 bits per heavy atom. The van der Waals surface area contributed by atoms with E-state index in [0.717, 1.165) is 5.56 Å². The highest BCUT2D eigenvalue weighted by Gasteiger charge is 2.15. The SMILES string of the molecule is Cc1noc(-c2nc(-c3cccnc3)no2)n1. The maximum atomic E-state index is 5.03. The molecule has 0 aliphatic rings. The fourth-order valence-electron chi connectivity index (χ4n) is 1.31. The Kier molecular flexibility index (Phi) is 2.14. The molecule has 0 fully saturated rings. The number of pyridine rings is 1. The molecule has 0 spiro atoms. The minimum absolute atomic E-state index is 0.199. The van der Waals surface area contributed by atoms with Crippen LogP contribution in [0.1, 0.15) is 5.82 Å². The Balaban J connectivity index is 1.99. The lowest BCUT2D eigenvalue weighted by Crippen LogP contribution is -1.82. The van der Waals surface area contributed by atoms with Crippen LogP contribution in [0.15, 0.2) is 33.6 Å². The zero-order chi connectivity index (χ0) is 11.7. The first-order valence-electron chi connectivity index (χ1n) is 4.88. The van der Waals surface area contributed by atoms with Crippen molar-refractivity contribution in [1.82, 2.24) is 25.3 Å². The molecule has 7 nitrogen and oxygen atoms in total. The van der Waals surface area contributed by atoms with Gasteiger partial charge in [-0.25, -0.2) is 0 Å². The molecule has 0 amide bonds. The molecule has 3 aromatic rings. The van der Waals surface area contributed by atoms with Crippen LogP contribution < -0.4 is 0 Å². The number of hydrogen-bond acceptors (Lipinski definition) is 7. The van der Waals surface area contributed by atoms with Gasteiger partial charge in [-0.3, -0.25) is 4.98 Å². The van der Waals surface area contributed by atoms with Crippen LogP contribution in [-0.2, 0) is 0 Å². The average Bonchev–Trinajstić information content (AvgIpc) is 2.98. The second kappa shape index (κ2) is 3.78. The van der Waals surface area contributed by atoms with E-state index < -0.39 is 0 Å². The molecular formula is C10H7N5O2. The summed E-state index contributed by atoms with van der Waals surface area (Å²) in [6.45, 7) is 1.71. The van der Waals surface area contributed by atoms with E-state index in [1.165, 1.54) is 0 Å². The van der Waals surface area contributed by atoms with Crippen LogP contribution in [0.3, 0.4) is 0 Å². The van der Waals surface area contributed by atoms with Gasteiger partial charge in [0.15, 0.2) is 5.82 Å². The van der Waals surface area contributed by atoms with Crippen LogP contribution in [-0.4, -0.2) is 25.3 Å². The molecule has 0 saturated carbocycles. The molecule has 84 valence electrons. The first kappa shape index (κ1) is 9.64. The van der Waals surface area contributed by atoms with Crippen molar-refractivity contribution in [2.75, 3.05) is 0 Å². The van der Waals surface area contributed by atoms with Crippen molar-refractivity contribution in [3.8, 4) is 23.2 Å². The summed E-state index contributed by atoms with van der Waals surface area (Å²) in [4.78, 5) is 12.1. The van der Waals surface area contributed by atoms with E-state index >= 15 is 0 Å². The second-order valence-corrected chi connectivity index (χ2v) is 3.31. The van der Waals surface area contributed by atoms with Crippen molar-refractivity contribution in [3.63, 3.8) is 0 Å². The monoisotopic (exact) mass is 229 g/mol. The van der Waals surface area contributed by atoms with Gasteiger partial charge in [-0.1, -0.05) is 10.3 Å². The van der Waals surface area contributed by atoms with Gasteiger partial charge < -0.3 is 9.05 Å². The Labute approximate surface area is 95.5 Å². The number of hydrogen-bond donors (Lipinski definition) is 0. The van der Waals surface area contributed by atoms with E-state index in [1.807, 2.05) is 6.07 Å². The number of rotatable bonds is 2. The van der Waals surface area contributed by atoms with Crippen LogP contribution in [0.2, 0.25) is 0 Å². The molecule has 0 bridgehead atoms. The summed E-state index contributed by atoms with van der Waals surface area (Å²) in [6.07, 6.45) is 3.32. The van der Waals surface area contributed by atoms with E-state index in [-0.39, 0.29) is 11.8 Å². The summed E-state index contributed by atoms with van der Waals surface area (Å²) in [5.41, 5.74) is 0.763. The molecule has 0 N–H and O–H groups in total. The summed E-state index contributed by atoms with van der Waals surface area (Å²) in [6, 6.07) is 3.63. The predicted molar refractivity (Wildman–Crippen MR) is 55.6 cm³/mol. The highest BCUT2D eigenvalue weighted by Crippen LogP contribution is 2.19. The Morgan fingerprint density at radius 2 is 1.88 bits per heavy atom. The molecule has 0 unspecified atom stereocenters. The van der Waals surface area contributed by atoms with E-state index in [2.05, 4.69) is 25.3 Å². The fraction of sp³-hybridized carbons (Fsp3) is 0.100. The topological polar surface area (TPSA) is 90.7 Å². The normalized spacial score (nSPS) is 10.6. The molecule has 0 saturated heterocycles. The lowest BCUT2D eigenvalue weighted by molar-refractivity contribution is 0.381. The quantitative estimate of drug-likeness (QED) is 0.657. The maximum Gasteiger partial charge on any atom is 0.316 e. The van der Waals surface area contributed by atoms with Gasteiger partial charge in [-0.15, -0.1) is 0 Å². The highest BCUT2D eigenvalue weighted by molar-refractivity contribution is 5.54. The fourth-order valence-corrected chi connectivity index (χ4v) is 1.31. The highest BCUT2D eigenvalue weighted by atomic mass is 16.5. The zero-order valence-electron chi connectivity index (χ0n) is 8.86. The molecule has 7 heteroatoms. The summed E-state index contributed by atoms with van der Waals surface area (Å²) < 4.78 is 9.96. The smallest absolute Gasteiger partial charge is 0.316 e. The lowest BCUT2D eigenvalue weighted by atomic mass is 10.3. The molecule has 3 rings (SSSR count). The minimum atomic E-state index is 0.199. The molecule has 0 radical (unpaired) electrons. The summed E-state index contributed by atoms with van der Waals surface area (Å²) in [5, 5.41) is 7.47. The van der Waals surface area contributed by atoms with E-state index in [1.54, 1.807) is 25.4 Å². The summed E-state index contributed by atoms with van der Waals surface area (Å²) >= 11 is 0. The van der Waals surface area contributed by atoms with E-state index in [0.29, 0.717) is 11.6 Å². The van der Waals surface area contributed by atoms with Crippen molar-refractivity contribution in [2.45, 2.75) is 6.92 Å². The van der Waals surface area contributed by atoms with Gasteiger partial charge >= 0.3 is 11.8 Å². The third kappa shape index (κ3) is 1.78. The lowest BCUT2D eigenvalue weighted by Gasteiger charge is -1.89. The molecule has 3 aromatic heterocycles. The summed E-state index contributed by atoms with van der Waals surface area (Å²) in [7, 11) is 0. The molecular weight excluding hydrogens is 222 g/mol. The Hall–Kier alpha value is -2.57. The molecule has 0 aliphatic heterocycles. The first-order chi connectivity index (χ1) is 8.33. The van der Waals surface area contributed by atoms with E-state index in [4.69, 9.17) is 9.05 Å². The molecule has 3 heterocycles. The van der Waals surface area contributed by atoms with Gasteiger partial charge in [0, 0.05) is 18.0 Å². The predicted octanol–water partition coefficient (Wildman–Crippen LogP) is 1.49. The van der Waals surface area contributed by atoms with Crippen LogP contribution in [0, 0.1) is 6.92 Å². The van der Waals surface area contributed by atoms with Gasteiger partial charge in [-0.2, -0.15) is 9.97 Å². The summed E-state index contributed by atoms with van der Waals surface area (Å²) in [5.74, 6) is 1.36. The minimum Gasteiger partial charge on any atom is -0.329 e. The van der Waals surface area contributed by atoms with Crippen molar-refractivity contribution in [1.29, 1.82) is 0 Å².